The summed E-state index contributed by atoms with van der Waals surface area (Å²) in [4.78, 5) is 15.6. The van der Waals surface area contributed by atoms with Crippen molar-refractivity contribution in [3.63, 3.8) is 0 Å². The third-order valence-corrected chi connectivity index (χ3v) is 3.16. The lowest BCUT2D eigenvalue weighted by atomic mass is 10.1. The van der Waals surface area contributed by atoms with E-state index < -0.39 is 5.97 Å². The summed E-state index contributed by atoms with van der Waals surface area (Å²) < 4.78 is 22.8. The first-order chi connectivity index (χ1) is 10.1. The predicted octanol–water partition coefficient (Wildman–Crippen LogP) is 3.12. The first kappa shape index (κ1) is 13.2. The van der Waals surface area contributed by atoms with Gasteiger partial charge in [-0.15, -0.1) is 0 Å². The van der Waals surface area contributed by atoms with Crippen molar-refractivity contribution < 1.29 is 18.4 Å². The minimum absolute atomic E-state index is 0.157. The molecule has 0 saturated carbocycles. The number of aromatic nitrogens is 2. The van der Waals surface area contributed by atoms with Crippen molar-refractivity contribution in [1.82, 2.24) is 10.1 Å². The van der Waals surface area contributed by atoms with E-state index in [4.69, 9.17) is 4.52 Å². The molecule has 3 rings (SSSR count). The largest absolute Gasteiger partial charge is 0.464 e. The molecule has 0 bridgehead atoms. The van der Waals surface area contributed by atoms with Gasteiger partial charge in [0.15, 0.2) is 5.69 Å². The van der Waals surface area contributed by atoms with Gasteiger partial charge in [0.25, 0.3) is 5.71 Å². The second-order valence-electron chi connectivity index (χ2n) is 4.53. The zero-order chi connectivity index (χ0) is 15.0. The predicted molar refractivity (Wildman–Crippen MR) is 73.3 cm³/mol. The van der Waals surface area contributed by atoms with Crippen molar-refractivity contribution in [2.75, 3.05) is 7.11 Å². The van der Waals surface area contributed by atoms with Crippen LogP contribution in [0.25, 0.3) is 22.4 Å². The van der Waals surface area contributed by atoms with Gasteiger partial charge in [0, 0.05) is 5.56 Å². The lowest BCUT2D eigenvalue weighted by Gasteiger charge is -2.02. The summed E-state index contributed by atoms with van der Waals surface area (Å²) in [6, 6.07) is 7.53. The standard InChI is InChI=1S/C15H11FN2O3/c1-8-7-11(15(19)20-2)17-14-12(8)13(18-21-14)9-3-5-10(16)6-4-9/h3-7H,1-2H3. The van der Waals surface area contributed by atoms with Crippen molar-refractivity contribution >= 4 is 17.1 Å². The zero-order valence-corrected chi connectivity index (χ0v) is 11.4. The number of fused-ring (bicyclic) bond motifs is 1. The quantitative estimate of drug-likeness (QED) is 0.677. The van der Waals surface area contributed by atoms with Crippen LogP contribution >= 0.6 is 0 Å². The molecule has 0 aliphatic heterocycles. The smallest absolute Gasteiger partial charge is 0.356 e. The second-order valence-corrected chi connectivity index (χ2v) is 4.53. The Morgan fingerprint density at radius 2 is 2.00 bits per heavy atom. The lowest BCUT2D eigenvalue weighted by Crippen LogP contribution is -2.04. The molecule has 0 aliphatic carbocycles. The van der Waals surface area contributed by atoms with Gasteiger partial charge in [-0.25, -0.2) is 14.2 Å². The fourth-order valence-electron chi connectivity index (χ4n) is 2.15. The molecular weight excluding hydrogens is 275 g/mol. The minimum Gasteiger partial charge on any atom is -0.464 e. The van der Waals surface area contributed by atoms with E-state index in [1.54, 1.807) is 18.2 Å². The normalized spacial score (nSPS) is 10.8. The number of halogens is 1. The molecule has 0 spiro atoms. The number of carbonyl (C=O) groups is 1. The van der Waals surface area contributed by atoms with Gasteiger partial charge in [0.05, 0.1) is 12.5 Å². The minimum atomic E-state index is -0.542. The van der Waals surface area contributed by atoms with Crippen molar-refractivity contribution in [3.8, 4) is 11.3 Å². The molecule has 3 aromatic rings. The SMILES string of the molecule is COC(=O)c1cc(C)c2c(-c3ccc(F)cc3)noc2n1. The van der Waals surface area contributed by atoms with Crippen molar-refractivity contribution in [3.05, 3.63) is 47.4 Å². The summed E-state index contributed by atoms with van der Waals surface area (Å²) in [7, 11) is 1.29. The molecule has 2 heterocycles. The summed E-state index contributed by atoms with van der Waals surface area (Å²) in [5.74, 6) is -0.867. The number of methoxy groups -OCH3 is 1. The Balaban J connectivity index is 2.18. The molecule has 0 saturated heterocycles. The summed E-state index contributed by atoms with van der Waals surface area (Å²) >= 11 is 0. The highest BCUT2D eigenvalue weighted by Gasteiger charge is 2.18. The first-order valence-electron chi connectivity index (χ1n) is 6.21. The number of hydrogen-bond donors (Lipinski definition) is 0. The Kier molecular flexibility index (Phi) is 3.13. The van der Waals surface area contributed by atoms with Crippen LogP contribution in [-0.2, 0) is 4.74 Å². The van der Waals surface area contributed by atoms with Crippen molar-refractivity contribution in [2.45, 2.75) is 6.92 Å². The van der Waals surface area contributed by atoms with Gasteiger partial charge < -0.3 is 9.26 Å². The summed E-state index contributed by atoms with van der Waals surface area (Å²) in [5, 5.41) is 4.66. The Bertz CT molecular complexity index is 825. The Morgan fingerprint density at radius 1 is 1.29 bits per heavy atom. The first-order valence-corrected chi connectivity index (χ1v) is 6.21. The highest BCUT2D eigenvalue weighted by molar-refractivity contribution is 5.96. The molecule has 2 aromatic heterocycles. The van der Waals surface area contributed by atoms with Gasteiger partial charge in [-0.1, -0.05) is 5.16 Å². The molecule has 21 heavy (non-hydrogen) atoms. The average Bonchev–Trinajstić information content (AvgIpc) is 2.91. The molecule has 0 aliphatic rings. The molecule has 5 nitrogen and oxygen atoms in total. The van der Waals surface area contributed by atoms with Crippen LogP contribution in [0.5, 0.6) is 0 Å². The van der Waals surface area contributed by atoms with E-state index in [9.17, 15) is 9.18 Å². The molecule has 0 radical (unpaired) electrons. The number of pyridine rings is 1. The number of aryl methyl sites for hydroxylation is 1. The van der Waals surface area contributed by atoms with E-state index in [1.807, 2.05) is 6.92 Å². The molecule has 0 amide bonds. The number of benzene rings is 1. The van der Waals surface area contributed by atoms with Crippen LogP contribution in [0.4, 0.5) is 4.39 Å². The molecule has 106 valence electrons. The molecule has 0 N–H and O–H groups in total. The van der Waals surface area contributed by atoms with Crippen LogP contribution < -0.4 is 0 Å². The molecular formula is C15H11FN2O3. The topological polar surface area (TPSA) is 65.2 Å². The maximum absolute atomic E-state index is 13.0. The number of rotatable bonds is 2. The van der Waals surface area contributed by atoms with E-state index in [-0.39, 0.29) is 17.2 Å². The monoisotopic (exact) mass is 286 g/mol. The Hall–Kier alpha value is -2.76. The fourth-order valence-corrected chi connectivity index (χ4v) is 2.15. The van der Waals surface area contributed by atoms with Gasteiger partial charge in [-0.2, -0.15) is 0 Å². The number of nitrogens with zero attached hydrogens (tertiary/aromatic N) is 2. The van der Waals surface area contributed by atoms with Crippen LogP contribution in [0, 0.1) is 12.7 Å². The maximum atomic E-state index is 13.0. The van der Waals surface area contributed by atoms with Gasteiger partial charge in [0.2, 0.25) is 0 Å². The van der Waals surface area contributed by atoms with Crippen LogP contribution in [-0.4, -0.2) is 23.2 Å². The summed E-state index contributed by atoms with van der Waals surface area (Å²) in [6.45, 7) is 1.82. The van der Waals surface area contributed by atoms with Crippen LogP contribution in [0.1, 0.15) is 16.1 Å². The summed E-state index contributed by atoms with van der Waals surface area (Å²) in [5.41, 5.74) is 2.46. The van der Waals surface area contributed by atoms with Gasteiger partial charge in [-0.05, 0) is 42.8 Å². The summed E-state index contributed by atoms with van der Waals surface area (Å²) in [6.07, 6.45) is 0. The number of hydrogen-bond acceptors (Lipinski definition) is 5. The van der Waals surface area contributed by atoms with Crippen LogP contribution in [0.3, 0.4) is 0 Å². The highest BCUT2D eigenvalue weighted by Crippen LogP contribution is 2.30. The molecule has 0 fully saturated rings. The highest BCUT2D eigenvalue weighted by atomic mass is 19.1. The van der Waals surface area contributed by atoms with Gasteiger partial charge >= 0.3 is 5.97 Å². The van der Waals surface area contributed by atoms with E-state index in [0.29, 0.717) is 16.6 Å². The van der Waals surface area contributed by atoms with Gasteiger partial charge in [-0.3, -0.25) is 0 Å². The van der Waals surface area contributed by atoms with Gasteiger partial charge in [0.1, 0.15) is 11.5 Å². The fraction of sp³-hybridized carbons (Fsp3) is 0.133. The van der Waals surface area contributed by atoms with E-state index >= 15 is 0 Å². The molecule has 6 heteroatoms. The number of ether oxygens (including phenoxy) is 1. The third-order valence-electron chi connectivity index (χ3n) is 3.16. The molecule has 0 unspecified atom stereocenters. The molecule has 0 atom stereocenters. The Morgan fingerprint density at radius 3 is 2.67 bits per heavy atom. The van der Waals surface area contributed by atoms with E-state index in [2.05, 4.69) is 14.9 Å². The maximum Gasteiger partial charge on any atom is 0.356 e. The van der Waals surface area contributed by atoms with Crippen LogP contribution in [0.2, 0.25) is 0 Å². The number of esters is 1. The zero-order valence-electron chi connectivity index (χ0n) is 11.4. The Labute approximate surface area is 119 Å². The molecule has 1 aromatic carbocycles. The lowest BCUT2D eigenvalue weighted by molar-refractivity contribution is 0.0594. The van der Waals surface area contributed by atoms with Crippen molar-refractivity contribution in [2.24, 2.45) is 0 Å². The van der Waals surface area contributed by atoms with Crippen LogP contribution in [0.15, 0.2) is 34.9 Å². The second kappa shape index (κ2) is 4.97. The number of carbonyl (C=O) groups excluding carboxylic acids is 1. The van der Waals surface area contributed by atoms with Crippen molar-refractivity contribution in [1.29, 1.82) is 0 Å². The van der Waals surface area contributed by atoms with E-state index in [1.165, 1.54) is 19.2 Å². The third kappa shape index (κ3) is 2.24. The van der Waals surface area contributed by atoms with E-state index in [0.717, 1.165) is 5.56 Å². The average molecular weight is 286 g/mol.